The van der Waals surface area contributed by atoms with Gasteiger partial charge in [0, 0.05) is 11.1 Å². The first kappa shape index (κ1) is 7.58. The van der Waals surface area contributed by atoms with Gasteiger partial charge >= 0.3 is 0 Å². The van der Waals surface area contributed by atoms with Crippen molar-refractivity contribution >= 4 is 11.6 Å². The molecule has 0 fully saturated rings. The van der Waals surface area contributed by atoms with Gasteiger partial charge in [0.25, 0.3) is 0 Å². The maximum Gasteiger partial charge on any atom is 0.0409 e. The van der Waals surface area contributed by atoms with Crippen LogP contribution in [0.3, 0.4) is 0 Å². The van der Waals surface area contributed by atoms with Gasteiger partial charge in [-0.2, -0.15) is 0 Å². The molecule has 10 heavy (non-hydrogen) atoms. The van der Waals surface area contributed by atoms with E-state index < -0.39 is 0 Å². The lowest BCUT2D eigenvalue weighted by atomic mass is 10.1. The van der Waals surface area contributed by atoms with Gasteiger partial charge in [-0.3, -0.25) is 0 Å². The van der Waals surface area contributed by atoms with Crippen LogP contribution in [-0.4, -0.2) is 0 Å². The molecular formula is C8H9ClN. The van der Waals surface area contributed by atoms with Crippen molar-refractivity contribution in [2.45, 2.75) is 6.04 Å². The second-order valence-electron chi connectivity index (χ2n) is 2.16. The van der Waals surface area contributed by atoms with E-state index in [1.807, 2.05) is 24.3 Å². The SMILES string of the molecule is [CH2][C@H](N)c1cccc(Cl)c1. The Labute approximate surface area is 65.8 Å². The van der Waals surface area contributed by atoms with Crippen molar-refractivity contribution < 1.29 is 0 Å². The van der Waals surface area contributed by atoms with Gasteiger partial charge in [0.2, 0.25) is 0 Å². The molecule has 0 heterocycles. The predicted octanol–water partition coefficient (Wildman–Crippen LogP) is 2.17. The molecule has 1 atom stereocenters. The molecule has 0 amide bonds. The van der Waals surface area contributed by atoms with Crippen LogP contribution in [-0.2, 0) is 0 Å². The maximum absolute atomic E-state index is 5.71. The summed E-state index contributed by atoms with van der Waals surface area (Å²) >= 11 is 5.71. The van der Waals surface area contributed by atoms with E-state index in [0.29, 0.717) is 5.02 Å². The summed E-state index contributed by atoms with van der Waals surface area (Å²) in [6.45, 7) is 3.67. The first-order valence-corrected chi connectivity index (χ1v) is 3.42. The van der Waals surface area contributed by atoms with Crippen LogP contribution in [0.1, 0.15) is 11.6 Å². The van der Waals surface area contributed by atoms with Crippen molar-refractivity contribution in [2.75, 3.05) is 0 Å². The zero-order valence-electron chi connectivity index (χ0n) is 5.55. The van der Waals surface area contributed by atoms with Crippen LogP contribution in [0.2, 0.25) is 5.02 Å². The first-order valence-electron chi connectivity index (χ1n) is 3.04. The Morgan fingerprint density at radius 2 is 2.20 bits per heavy atom. The molecule has 53 valence electrons. The average molecular weight is 155 g/mol. The van der Waals surface area contributed by atoms with Crippen LogP contribution in [0, 0.1) is 6.92 Å². The molecule has 0 aliphatic carbocycles. The molecule has 2 heteroatoms. The molecule has 0 aromatic heterocycles. The van der Waals surface area contributed by atoms with E-state index in [0.717, 1.165) is 5.56 Å². The summed E-state index contributed by atoms with van der Waals surface area (Å²) in [5.74, 6) is 0. The van der Waals surface area contributed by atoms with Gasteiger partial charge in [-0.05, 0) is 24.6 Å². The van der Waals surface area contributed by atoms with E-state index in [4.69, 9.17) is 17.3 Å². The van der Waals surface area contributed by atoms with E-state index in [1.165, 1.54) is 0 Å². The third kappa shape index (κ3) is 1.72. The van der Waals surface area contributed by atoms with Crippen molar-refractivity contribution in [1.29, 1.82) is 0 Å². The van der Waals surface area contributed by atoms with Crippen molar-refractivity contribution in [2.24, 2.45) is 5.73 Å². The van der Waals surface area contributed by atoms with E-state index >= 15 is 0 Å². The lowest BCUT2D eigenvalue weighted by Crippen LogP contribution is -2.04. The van der Waals surface area contributed by atoms with Crippen LogP contribution < -0.4 is 5.73 Å². The number of rotatable bonds is 1. The maximum atomic E-state index is 5.71. The van der Waals surface area contributed by atoms with Crippen LogP contribution in [0.5, 0.6) is 0 Å². The fourth-order valence-corrected chi connectivity index (χ4v) is 0.936. The van der Waals surface area contributed by atoms with Crippen LogP contribution in [0.15, 0.2) is 24.3 Å². The largest absolute Gasteiger partial charge is 0.324 e. The van der Waals surface area contributed by atoms with Gasteiger partial charge in [0.15, 0.2) is 0 Å². The monoisotopic (exact) mass is 154 g/mol. The number of benzene rings is 1. The number of hydrogen-bond donors (Lipinski definition) is 1. The molecule has 0 aliphatic heterocycles. The van der Waals surface area contributed by atoms with E-state index in [9.17, 15) is 0 Å². The minimum Gasteiger partial charge on any atom is -0.324 e. The summed E-state index contributed by atoms with van der Waals surface area (Å²) < 4.78 is 0. The van der Waals surface area contributed by atoms with E-state index in [2.05, 4.69) is 6.92 Å². The smallest absolute Gasteiger partial charge is 0.0409 e. The summed E-state index contributed by atoms with van der Waals surface area (Å²) in [5, 5.41) is 0.705. The Hall–Kier alpha value is -0.530. The molecule has 0 saturated carbocycles. The molecule has 0 aliphatic rings. The Morgan fingerprint density at radius 3 is 2.60 bits per heavy atom. The Kier molecular flexibility index (Phi) is 2.30. The van der Waals surface area contributed by atoms with Gasteiger partial charge < -0.3 is 5.73 Å². The molecule has 2 N–H and O–H groups in total. The molecule has 0 spiro atoms. The molecule has 1 radical (unpaired) electrons. The van der Waals surface area contributed by atoms with Crippen LogP contribution in [0.4, 0.5) is 0 Å². The second-order valence-corrected chi connectivity index (χ2v) is 2.60. The summed E-state index contributed by atoms with van der Waals surface area (Å²) in [6, 6.07) is 7.22. The molecule has 1 aromatic carbocycles. The topological polar surface area (TPSA) is 26.0 Å². The second kappa shape index (κ2) is 3.04. The summed E-state index contributed by atoms with van der Waals surface area (Å²) in [6.07, 6.45) is 0. The highest BCUT2D eigenvalue weighted by atomic mass is 35.5. The van der Waals surface area contributed by atoms with Gasteiger partial charge in [-0.15, -0.1) is 0 Å². The van der Waals surface area contributed by atoms with Crippen molar-refractivity contribution in [3.8, 4) is 0 Å². The predicted molar refractivity (Wildman–Crippen MR) is 43.7 cm³/mol. The minimum atomic E-state index is -0.182. The van der Waals surface area contributed by atoms with Gasteiger partial charge in [-0.1, -0.05) is 23.7 Å². The molecule has 1 rings (SSSR count). The Balaban J connectivity index is 2.96. The molecule has 1 aromatic rings. The Morgan fingerprint density at radius 1 is 1.50 bits per heavy atom. The highest BCUT2D eigenvalue weighted by Crippen LogP contribution is 2.14. The average Bonchev–Trinajstić information content (AvgIpc) is 1.88. The lowest BCUT2D eigenvalue weighted by Gasteiger charge is -2.03. The standard InChI is InChI=1S/C8H9ClN/c1-6(10)7-3-2-4-8(9)5-7/h2-6H,1,10H2/t6-/m0/s1. The quantitative estimate of drug-likeness (QED) is 0.659. The third-order valence-electron chi connectivity index (χ3n) is 1.28. The summed E-state index contributed by atoms with van der Waals surface area (Å²) in [7, 11) is 0. The first-order chi connectivity index (χ1) is 4.70. The number of nitrogens with two attached hydrogens (primary N) is 1. The van der Waals surface area contributed by atoms with Crippen LogP contribution >= 0.6 is 11.6 Å². The fraction of sp³-hybridized carbons (Fsp3) is 0.125. The molecule has 0 unspecified atom stereocenters. The van der Waals surface area contributed by atoms with E-state index in [1.54, 1.807) is 0 Å². The molecule has 1 nitrogen and oxygen atoms in total. The molecule has 0 bridgehead atoms. The Bertz CT molecular complexity index is 220. The third-order valence-corrected chi connectivity index (χ3v) is 1.51. The van der Waals surface area contributed by atoms with Gasteiger partial charge in [0.1, 0.15) is 0 Å². The van der Waals surface area contributed by atoms with E-state index in [-0.39, 0.29) is 6.04 Å². The summed E-state index contributed by atoms with van der Waals surface area (Å²) in [4.78, 5) is 0. The van der Waals surface area contributed by atoms with Gasteiger partial charge in [0.05, 0.1) is 0 Å². The molecular weight excluding hydrogens is 146 g/mol. The zero-order valence-corrected chi connectivity index (χ0v) is 6.31. The molecule has 0 saturated heterocycles. The van der Waals surface area contributed by atoms with Crippen LogP contribution in [0.25, 0.3) is 0 Å². The van der Waals surface area contributed by atoms with Crippen molar-refractivity contribution in [3.05, 3.63) is 41.8 Å². The number of hydrogen-bond acceptors (Lipinski definition) is 1. The van der Waals surface area contributed by atoms with Crippen molar-refractivity contribution in [3.63, 3.8) is 0 Å². The van der Waals surface area contributed by atoms with Gasteiger partial charge in [-0.25, -0.2) is 0 Å². The van der Waals surface area contributed by atoms with Crippen molar-refractivity contribution in [1.82, 2.24) is 0 Å². The fourth-order valence-electron chi connectivity index (χ4n) is 0.737. The number of halogens is 1. The minimum absolute atomic E-state index is 0.182. The highest BCUT2D eigenvalue weighted by molar-refractivity contribution is 6.30. The highest BCUT2D eigenvalue weighted by Gasteiger charge is 1.97. The summed E-state index contributed by atoms with van der Waals surface area (Å²) in [5.41, 5.74) is 6.48. The normalized spacial score (nSPS) is 13.1. The lowest BCUT2D eigenvalue weighted by molar-refractivity contribution is 0.908. The zero-order chi connectivity index (χ0) is 7.56.